The highest BCUT2D eigenvalue weighted by Crippen LogP contribution is 2.48. The maximum Gasteiger partial charge on any atom is 0.338 e. The summed E-state index contributed by atoms with van der Waals surface area (Å²) in [7, 11) is -3.35. The molecule has 5 heteroatoms. The van der Waals surface area contributed by atoms with E-state index in [0.29, 0.717) is 6.42 Å². The highest BCUT2D eigenvalue weighted by Gasteiger charge is 2.27. The molecule has 0 aliphatic carbocycles. The van der Waals surface area contributed by atoms with Gasteiger partial charge in [0.2, 0.25) is 0 Å². The number of carbonyl (C=O) groups is 1. The van der Waals surface area contributed by atoms with Crippen LogP contribution in [0.1, 0.15) is 32.6 Å². The lowest BCUT2D eigenvalue weighted by molar-refractivity contribution is -0.117. The molecule has 0 fully saturated rings. The van der Waals surface area contributed by atoms with Crippen molar-refractivity contribution in [3.8, 4) is 0 Å². The Labute approximate surface area is 110 Å². The number of Topliss-reactive ketones (excluding diaryl/α,β-unsaturated/α-hetero) is 1. The molecule has 0 radical (unpaired) electrons. The van der Waals surface area contributed by atoms with Gasteiger partial charge in [-0.1, -0.05) is 31.9 Å². The first kappa shape index (κ1) is 17.3. The summed E-state index contributed by atoms with van der Waals surface area (Å²) in [5.74, 6) is -0.0834. The molecule has 0 aromatic carbocycles. The van der Waals surface area contributed by atoms with Crippen LogP contribution in [0.2, 0.25) is 0 Å². The summed E-state index contributed by atoms with van der Waals surface area (Å²) in [5, 5.41) is 0. The van der Waals surface area contributed by atoms with Crippen molar-refractivity contribution in [2.75, 3.05) is 19.4 Å². The van der Waals surface area contributed by atoms with E-state index in [0.717, 1.165) is 19.3 Å². The minimum atomic E-state index is -3.35. The average Bonchev–Trinajstić information content (AvgIpc) is 2.34. The summed E-state index contributed by atoms with van der Waals surface area (Å²) in [6.45, 7) is 9.24. The maximum atomic E-state index is 12.2. The molecule has 104 valence electrons. The van der Waals surface area contributed by atoms with Crippen LogP contribution in [0.25, 0.3) is 0 Å². The summed E-state index contributed by atoms with van der Waals surface area (Å²) in [4.78, 5) is 11.7. The molecule has 0 rings (SSSR count). The highest BCUT2D eigenvalue weighted by molar-refractivity contribution is 7.54. The van der Waals surface area contributed by atoms with E-state index in [2.05, 4.69) is 20.1 Å². The topological polar surface area (TPSA) is 52.6 Å². The Hall–Kier alpha value is -0.700. The molecule has 0 atom stereocenters. The van der Waals surface area contributed by atoms with Crippen LogP contribution >= 0.6 is 7.60 Å². The minimum absolute atomic E-state index is 0.0834. The quantitative estimate of drug-likeness (QED) is 0.309. The molecule has 18 heavy (non-hydrogen) atoms. The molecule has 0 unspecified atom stereocenters. The molecule has 0 amide bonds. The Bertz CT molecular complexity index is 296. The third kappa shape index (κ3) is 8.40. The summed E-state index contributed by atoms with van der Waals surface area (Å²) in [6, 6.07) is 0. The second-order valence-corrected chi connectivity index (χ2v) is 5.99. The fraction of sp³-hybridized carbons (Fsp3) is 0.615. The van der Waals surface area contributed by atoms with E-state index in [4.69, 9.17) is 9.05 Å². The van der Waals surface area contributed by atoms with Crippen molar-refractivity contribution < 1.29 is 18.4 Å². The molecule has 0 saturated heterocycles. The number of hydrogen-bond donors (Lipinski definition) is 0. The van der Waals surface area contributed by atoms with E-state index in [9.17, 15) is 9.36 Å². The van der Waals surface area contributed by atoms with Gasteiger partial charge in [-0.05, 0) is 6.42 Å². The Morgan fingerprint density at radius 3 is 2.17 bits per heavy atom. The number of rotatable bonds is 12. The van der Waals surface area contributed by atoms with Crippen LogP contribution in [0, 0.1) is 0 Å². The Balaban J connectivity index is 4.28. The summed E-state index contributed by atoms with van der Waals surface area (Å²) >= 11 is 0. The van der Waals surface area contributed by atoms with Crippen molar-refractivity contribution >= 4 is 13.4 Å². The van der Waals surface area contributed by atoms with Gasteiger partial charge in [0.1, 0.15) is 11.9 Å². The molecule has 0 aliphatic heterocycles. The Morgan fingerprint density at radius 1 is 1.17 bits per heavy atom. The lowest BCUT2D eigenvalue weighted by Crippen LogP contribution is -2.10. The Morgan fingerprint density at radius 2 is 1.72 bits per heavy atom. The van der Waals surface area contributed by atoms with E-state index in [1.165, 1.54) is 12.2 Å². The lowest BCUT2D eigenvalue weighted by Gasteiger charge is -2.16. The largest absolute Gasteiger partial charge is 0.338 e. The van der Waals surface area contributed by atoms with E-state index in [1.807, 2.05) is 0 Å². The Kier molecular flexibility index (Phi) is 9.85. The van der Waals surface area contributed by atoms with Crippen molar-refractivity contribution in [1.82, 2.24) is 0 Å². The standard InChI is InChI=1S/C13H23O4P/c1-4-7-8-9-13(14)12-18(15,16-10-5-2)17-11-6-3/h5-6H,2-4,7-12H2,1H3. The van der Waals surface area contributed by atoms with Crippen LogP contribution in [0.3, 0.4) is 0 Å². The first-order valence-electron chi connectivity index (χ1n) is 6.19. The van der Waals surface area contributed by atoms with Crippen molar-refractivity contribution in [1.29, 1.82) is 0 Å². The van der Waals surface area contributed by atoms with Gasteiger partial charge < -0.3 is 9.05 Å². The van der Waals surface area contributed by atoms with Gasteiger partial charge in [-0.2, -0.15) is 0 Å². The molecule has 0 spiro atoms. The van der Waals surface area contributed by atoms with Crippen LogP contribution in [-0.4, -0.2) is 25.2 Å². The second-order valence-electron chi connectivity index (χ2n) is 3.93. The minimum Gasteiger partial charge on any atom is -0.304 e. The van der Waals surface area contributed by atoms with Crippen molar-refractivity contribution in [2.45, 2.75) is 32.6 Å². The van der Waals surface area contributed by atoms with E-state index in [1.54, 1.807) is 0 Å². The van der Waals surface area contributed by atoms with Gasteiger partial charge in [0.05, 0.1) is 13.2 Å². The molecule has 0 saturated carbocycles. The van der Waals surface area contributed by atoms with Gasteiger partial charge in [0, 0.05) is 6.42 Å². The lowest BCUT2D eigenvalue weighted by atomic mass is 10.2. The second kappa shape index (κ2) is 10.2. The van der Waals surface area contributed by atoms with Gasteiger partial charge in [0.25, 0.3) is 0 Å². The predicted molar refractivity (Wildman–Crippen MR) is 73.9 cm³/mol. The van der Waals surface area contributed by atoms with Crippen LogP contribution < -0.4 is 0 Å². The van der Waals surface area contributed by atoms with E-state index in [-0.39, 0.29) is 25.2 Å². The fourth-order valence-corrected chi connectivity index (χ4v) is 2.84. The maximum absolute atomic E-state index is 12.2. The van der Waals surface area contributed by atoms with E-state index < -0.39 is 7.60 Å². The van der Waals surface area contributed by atoms with Crippen molar-refractivity contribution in [3.05, 3.63) is 25.3 Å². The zero-order valence-corrected chi connectivity index (χ0v) is 12.0. The summed E-state index contributed by atoms with van der Waals surface area (Å²) < 4.78 is 22.4. The molecular formula is C13H23O4P. The molecule has 0 aromatic rings. The predicted octanol–water partition coefficient (Wildman–Crippen LogP) is 3.73. The van der Waals surface area contributed by atoms with Gasteiger partial charge >= 0.3 is 7.60 Å². The monoisotopic (exact) mass is 274 g/mol. The van der Waals surface area contributed by atoms with Crippen molar-refractivity contribution in [2.24, 2.45) is 0 Å². The zero-order chi connectivity index (χ0) is 13.9. The molecule has 4 nitrogen and oxygen atoms in total. The molecule has 0 heterocycles. The molecule has 0 aliphatic rings. The number of carbonyl (C=O) groups excluding carboxylic acids is 1. The van der Waals surface area contributed by atoms with Crippen molar-refractivity contribution in [3.63, 3.8) is 0 Å². The number of ketones is 1. The van der Waals surface area contributed by atoms with Gasteiger partial charge in [-0.25, -0.2) is 0 Å². The smallest absolute Gasteiger partial charge is 0.304 e. The zero-order valence-electron chi connectivity index (χ0n) is 11.1. The van der Waals surface area contributed by atoms with E-state index >= 15 is 0 Å². The van der Waals surface area contributed by atoms with Gasteiger partial charge in [-0.3, -0.25) is 9.36 Å². The van der Waals surface area contributed by atoms with Crippen LogP contribution in [0.5, 0.6) is 0 Å². The SMILES string of the molecule is C=CCOP(=O)(CC(=O)CCCCC)OCC=C. The number of hydrogen-bond acceptors (Lipinski definition) is 4. The average molecular weight is 274 g/mol. The third-order valence-corrected chi connectivity index (χ3v) is 4.03. The number of unbranched alkanes of at least 4 members (excludes halogenated alkanes) is 2. The van der Waals surface area contributed by atoms with Crippen LogP contribution in [0.15, 0.2) is 25.3 Å². The normalized spacial score (nSPS) is 11.2. The highest BCUT2D eigenvalue weighted by atomic mass is 31.2. The van der Waals surface area contributed by atoms with Gasteiger partial charge in [-0.15, -0.1) is 13.2 Å². The summed E-state index contributed by atoms with van der Waals surface area (Å²) in [6.07, 6.45) is 6.07. The van der Waals surface area contributed by atoms with Crippen LogP contribution in [-0.2, 0) is 18.4 Å². The molecule has 0 bridgehead atoms. The van der Waals surface area contributed by atoms with Gasteiger partial charge in [0.15, 0.2) is 0 Å². The third-order valence-electron chi connectivity index (χ3n) is 2.21. The summed E-state index contributed by atoms with van der Waals surface area (Å²) in [5.41, 5.74) is 0. The fourth-order valence-electron chi connectivity index (χ4n) is 1.33. The first-order chi connectivity index (χ1) is 8.58. The molecular weight excluding hydrogens is 251 g/mol. The van der Waals surface area contributed by atoms with Crippen LogP contribution in [0.4, 0.5) is 0 Å². The first-order valence-corrected chi connectivity index (χ1v) is 7.92. The molecule has 0 N–H and O–H groups in total. The molecule has 0 aromatic heterocycles.